The summed E-state index contributed by atoms with van der Waals surface area (Å²) >= 11 is 1.61. The van der Waals surface area contributed by atoms with Gasteiger partial charge in [0.05, 0.1) is 33.1 Å². The lowest BCUT2D eigenvalue weighted by molar-refractivity contribution is -0.119. The molecule has 1 unspecified atom stereocenters. The first-order valence-corrected chi connectivity index (χ1v) is 15.0. The number of methoxy groups -OCH3 is 3. The summed E-state index contributed by atoms with van der Waals surface area (Å²) in [4.78, 5) is 39.1. The molecule has 1 aliphatic rings. The first-order chi connectivity index (χ1) is 20.3. The number of benzene rings is 2. The molecule has 1 aliphatic carbocycles. The van der Waals surface area contributed by atoms with Crippen LogP contribution in [0.25, 0.3) is 11.1 Å². The van der Waals surface area contributed by atoms with Gasteiger partial charge < -0.3 is 30.2 Å². The summed E-state index contributed by atoms with van der Waals surface area (Å²) in [6.07, 6.45) is 4.03. The van der Waals surface area contributed by atoms with E-state index in [9.17, 15) is 14.4 Å². The van der Waals surface area contributed by atoms with Gasteiger partial charge in [0.25, 0.3) is 0 Å². The topological polar surface area (TPSA) is 115 Å². The van der Waals surface area contributed by atoms with Gasteiger partial charge in [0.2, 0.25) is 23.0 Å². The lowest BCUT2D eigenvalue weighted by Gasteiger charge is -2.19. The Morgan fingerprint density at radius 1 is 1.00 bits per heavy atom. The molecule has 42 heavy (non-hydrogen) atoms. The van der Waals surface area contributed by atoms with Crippen LogP contribution in [0.2, 0.25) is 0 Å². The lowest BCUT2D eigenvalue weighted by atomic mass is 9.95. The molecule has 1 atom stereocenters. The van der Waals surface area contributed by atoms with E-state index in [1.807, 2.05) is 42.7 Å². The van der Waals surface area contributed by atoms with Gasteiger partial charge in [-0.1, -0.05) is 12.1 Å². The molecule has 3 aromatic carbocycles. The van der Waals surface area contributed by atoms with E-state index in [0.717, 1.165) is 27.3 Å². The Labute approximate surface area is 250 Å². The smallest absolute Gasteiger partial charge is 0.224 e. The van der Waals surface area contributed by atoms with Crippen molar-refractivity contribution < 1.29 is 23.8 Å². The Balaban J connectivity index is 1.61. The van der Waals surface area contributed by atoms with Gasteiger partial charge in [-0.2, -0.15) is 0 Å². The quantitative estimate of drug-likeness (QED) is 0.200. The average molecular weight is 592 g/mol. The van der Waals surface area contributed by atoms with Crippen LogP contribution in [0.5, 0.6) is 17.2 Å². The molecule has 3 N–H and O–H groups in total. The Hall–Kier alpha value is -4.18. The minimum atomic E-state index is -0.382. The molecule has 4 rings (SSSR count). The number of thioether (sulfide) groups is 1. The predicted molar refractivity (Wildman–Crippen MR) is 167 cm³/mol. The fourth-order valence-corrected chi connectivity index (χ4v) is 5.71. The van der Waals surface area contributed by atoms with Crippen LogP contribution in [0.3, 0.4) is 0 Å². The number of anilines is 2. The summed E-state index contributed by atoms with van der Waals surface area (Å²) in [5, 5.41) is 9.14. The van der Waals surface area contributed by atoms with E-state index >= 15 is 0 Å². The van der Waals surface area contributed by atoms with Crippen LogP contribution in [0.15, 0.2) is 58.2 Å². The van der Waals surface area contributed by atoms with Crippen LogP contribution < -0.4 is 35.6 Å². The van der Waals surface area contributed by atoms with Gasteiger partial charge in [-0.25, -0.2) is 0 Å². The highest BCUT2D eigenvalue weighted by molar-refractivity contribution is 7.98. The molecule has 9 nitrogen and oxygen atoms in total. The molecule has 2 amide bonds. The van der Waals surface area contributed by atoms with Gasteiger partial charge in [0, 0.05) is 36.0 Å². The Morgan fingerprint density at radius 2 is 1.79 bits per heavy atom. The second-order valence-electron chi connectivity index (χ2n) is 9.91. The van der Waals surface area contributed by atoms with Gasteiger partial charge in [-0.15, -0.1) is 11.8 Å². The minimum Gasteiger partial charge on any atom is -0.493 e. The summed E-state index contributed by atoms with van der Waals surface area (Å²) < 4.78 is 17.1. The van der Waals surface area contributed by atoms with Crippen LogP contribution in [-0.2, 0) is 16.0 Å². The van der Waals surface area contributed by atoms with Crippen molar-refractivity contribution in [3.05, 3.63) is 69.9 Å². The molecule has 222 valence electrons. The van der Waals surface area contributed by atoms with Crippen LogP contribution in [0, 0.1) is 0 Å². The number of nitrogens with one attached hydrogen (secondary N) is 3. The molecule has 0 saturated carbocycles. The third-order valence-corrected chi connectivity index (χ3v) is 7.89. The summed E-state index contributed by atoms with van der Waals surface area (Å²) in [5.41, 5.74) is 4.15. The number of carbonyl (C=O) groups is 2. The fourth-order valence-electron chi connectivity index (χ4n) is 5.25. The molecular formula is C32H37N3O6S. The number of rotatable bonds is 11. The van der Waals surface area contributed by atoms with Crippen molar-refractivity contribution in [2.45, 2.75) is 43.5 Å². The van der Waals surface area contributed by atoms with E-state index in [1.165, 1.54) is 6.92 Å². The van der Waals surface area contributed by atoms with Crippen molar-refractivity contribution in [3.63, 3.8) is 0 Å². The Kier molecular flexibility index (Phi) is 10.4. The van der Waals surface area contributed by atoms with Crippen molar-refractivity contribution >= 4 is 35.0 Å². The van der Waals surface area contributed by atoms with E-state index in [1.54, 1.807) is 45.2 Å². The zero-order valence-corrected chi connectivity index (χ0v) is 25.4. The monoisotopic (exact) mass is 591 g/mol. The zero-order valence-electron chi connectivity index (χ0n) is 24.6. The van der Waals surface area contributed by atoms with Gasteiger partial charge in [0.1, 0.15) is 0 Å². The van der Waals surface area contributed by atoms with E-state index in [4.69, 9.17) is 14.2 Å². The summed E-state index contributed by atoms with van der Waals surface area (Å²) in [7, 11) is 4.69. The van der Waals surface area contributed by atoms with E-state index < -0.39 is 0 Å². The first kappa shape index (κ1) is 30.8. The molecule has 3 aromatic rings. The van der Waals surface area contributed by atoms with Gasteiger partial charge in [-0.05, 0) is 78.6 Å². The number of amides is 2. The normalized spacial score (nSPS) is 13.6. The Bertz CT molecular complexity index is 1530. The van der Waals surface area contributed by atoms with Crippen molar-refractivity contribution in [3.8, 4) is 28.4 Å². The SMILES string of the molecule is COc1cc2c(c(OC)c1OC)-c1ccc(NCCCC(=O)Nc3cccc(SC)c3)c(=O)cc1C(NC(C)=O)CC2. The second kappa shape index (κ2) is 14.1. The third-order valence-electron chi connectivity index (χ3n) is 7.17. The van der Waals surface area contributed by atoms with E-state index in [0.29, 0.717) is 60.7 Å². The molecule has 0 saturated heterocycles. The number of hydrogen-bond acceptors (Lipinski definition) is 8. The number of carbonyl (C=O) groups excluding carboxylic acids is 2. The van der Waals surface area contributed by atoms with Gasteiger partial charge in [0.15, 0.2) is 11.5 Å². The largest absolute Gasteiger partial charge is 0.493 e. The Morgan fingerprint density at radius 3 is 2.48 bits per heavy atom. The van der Waals surface area contributed by atoms with Crippen molar-refractivity contribution in [2.75, 3.05) is 44.8 Å². The summed E-state index contributed by atoms with van der Waals surface area (Å²) in [5.74, 6) is 1.22. The van der Waals surface area contributed by atoms with E-state index in [-0.39, 0.29) is 23.3 Å². The van der Waals surface area contributed by atoms with Crippen molar-refractivity contribution in [2.24, 2.45) is 0 Å². The lowest BCUT2D eigenvalue weighted by Crippen LogP contribution is -2.26. The average Bonchev–Trinajstić information content (AvgIpc) is 3.22. The van der Waals surface area contributed by atoms with E-state index in [2.05, 4.69) is 16.0 Å². The first-order valence-electron chi connectivity index (χ1n) is 13.7. The number of aryl methyl sites for hydroxylation is 1. The van der Waals surface area contributed by atoms with Crippen LogP contribution in [0.1, 0.15) is 43.4 Å². The molecular weight excluding hydrogens is 554 g/mol. The van der Waals surface area contributed by atoms with Crippen molar-refractivity contribution in [1.82, 2.24) is 5.32 Å². The maximum atomic E-state index is 13.4. The zero-order chi connectivity index (χ0) is 30.2. The third kappa shape index (κ3) is 6.99. The predicted octanol–water partition coefficient (Wildman–Crippen LogP) is 5.42. The van der Waals surface area contributed by atoms with Gasteiger partial charge in [-0.3, -0.25) is 14.4 Å². The minimum absolute atomic E-state index is 0.0889. The maximum Gasteiger partial charge on any atom is 0.224 e. The number of hydrogen-bond donors (Lipinski definition) is 3. The molecule has 0 aliphatic heterocycles. The highest BCUT2D eigenvalue weighted by Gasteiger charge is 2.29. The fraction of sp³-hybridized carbons (Fsp3) is 0.344. The van der Waals surface area contributed by atoms with Crippen LogP contribution in [-0.4, -0.2) is 45.9 Å². The highest BCUT2D eigenvalue weighted by atomic mass is 32.2. The van der Waals surface area contributed by atoms with Crippen LogP contribution >= 0.6 is 11.8 Å². The molecule has 0 fully saturated rings. The molecule has 0 aromatic heterocycles. The number of ether oxygens (including phenoxy) is 3. The summed E-state index contributed by atoms with van der Waals surface area (Å²) in [6.45, 7) is 1.90. The molecule has 0 heterocycles. The van der Waals surface area contributed by atoms with Gasteiger partial charge >= 0.3 is 0 Å². The molecule has 10 heteroatoms. The summed E-state index contributed by atoms with van der Waals surface area (Å²) in [6, 6.07) is 14.4. The highest BCUT2D eigenvalue weighted by Crippen LogP contribution is 2.50. The number of fused-ring (bicyclic) bond motifs is 3. The molecule has 0 bridgehead atoms. The van der Waals surface area contributed by atoms with Crippen LogP contribution in [0.4, 0.5) is 11.4 Å². The molecule has 0 spiro atoms. The standard InChI is InChI=1S/C32H37N3O6S/c1-19(36)34-25-13-11-20-16-28(39-2)31(40-3)32(41-4)30(20)23-12-14-26(27(37)18-24(23)25)33-15-7-10-29(38)35-21-8-6-9-22(17-21)42-5/h6,8-9,12,14,16-18,25H,7,10-11,13,15H2,1-5H3,(H,33,37)(H,34,36)(H,35,38). The molecule has 0 radical (unpaired) electrons. The second-order valence-corrected chi connectivity index (χ2v) is 10.8. The maximum absolute atomic E-state index is 13.4. The van der Waals surface area contributed by atoms with Crippen molar-refractivity contribution in [1.29, 1.82) is 0 Å².